The lowest BCUT2D eigenvalue weighted by Gasteiger charge is -2.25. The van der Waals surface area contributed by atoms with Crippen LogP contribution in [0.1, 0.15) is 22.2 Å². The molecule has 1 amide bonds. The van der Waals surface area contributed by atoms with E-state index in [1.165, 1.54) is 11.3 Å². The highest BCUT2D eigenvalue weighted by Crippen LogP contribution is 2.24. The monoisotopic (exact) mass is 341 g/mol. The van der Waals surface area contributed by atoms with E-state index in [0.717, 1.165) is 5.56 Å². The van der Waals surface area contributed by atoms with Crippen molar-refractivity contribution >= 4 is 40.4 Å². The van der Waals surface area contributed by atoms with E-state index in [9.17, 15) is 4.79 Å². The molecule has 0 aliphatic carbocycles. The largest absolute Gasteiger partial charge is 0.333 e. The highest BCUT2D eigenvalue weighted by Gasteiger charge is 2.20. The van der Waals surface area contributed by atoms with Crippen LogP contribution < -0.4 is 0 Å². The van der Waals surface area contributed by atoms with Gasteiger partial charge < -0.3 is 4.90 Å². The molecule has 1 atom stereocenters. The molecule has 1 heterocycles. The maximum absolute atomic E-state index is 12.6. The van der Waals surface area contributed by atoms with Crippen molar-refractivity contribution in [2.45, 2.75) is 13.5 Å². The second-order valence-electron chi connectivity index (χ2n) is 5.03. The van der Waals surface area contributed by atoms with Gasteiger partial charge in [0.2, 0.25) is 0 Å². The van der Waals surface area contributed by atoms with E-state index in [1.54, 1.807) is 12.1 Å². The molecule has 0 N–H and O–H groups in total. The van der Waals surface area contributed by atoms with Gasteiger partial charge in [-0.05, 0) is 23.6 Å². The predicted molar refractivity (Wildman–Crippen MR) is 90.4 cm³/mol. The lowest BCUT2D eigenvalue weighted by atomic mass is 10.1. The fraction of sp³-hybridized carbons (Fsp3) is 0.312. The topological polar surface area (TPSA) is 20.3 Å². The molecular weight excluding hydrogens is 325 g/mol. The molecule has 0 bridgehead atoms. The summed E-state index contributed by atoms with van der Waals surface area (Å²) in [5.74, 6) is 0.784. The molecule has 1 unspecified atom stereocenters. The van der Waals surface area contributed by atoms with Crippen LogP contribution in [0.25, 0.3) is 0 Å². The number of rotatable bonds is 6. The van der Waals surface area contributed by atoms with Crippen molar-refractivity contribution in [2.24, 2.45) is 5.92 Å². The minimum Gasteiger partial charge on any atom is -0.333 e. The normalized spacial score (nSPS) is 12.1. The van der Waals surface area contributed by atoms with Crippen molar-refractivity contribution in [3.63, 3.8) is 0 Å². The molecule has 5 heteroatoms. The van der Waals surface area contributed by atoms with E-state index in [0.29, 0.717) is 28.2 Å². The fourth-order valence-electron chi connectivity index (χ4n) is 2.03. The number of hydrogen-bond acceptors (Lipinski definition) is 2. The van der Waals surface area contributed by atoms with Gasteiger partial charge in [0.15, 0.2) is 0 Å². The Labute approximate surface area is 139 Å². The molecule has 0 saturated carbocycles. The zero-order valence-corrected chi connectivity index (χ0v) is 14.1. The van der Waals surface area contributed by atoms with Crippen LogP contribution in [0.2, 0.25) is 4.34 Å². The lowest BCUT2D eigenvalue weighted by Crippen LogP contribution is -2.34. The van der Waals surface area contributed by atoms with E-state index in [-0.39, 0.29) is 11.8 Å². The third kappa shape index (κ3) is 4.73. The molecule has 0 fully saturated rings. The fourth-order valence-corrected chi connectivity index (χ4v) is 3.14. The molecule has 0 aliphatic heterocycles. The number of amides is 1. The first-order chi connectivity index (χ1) is 10.1. The average Bonchev–Trinajstić information content (AvgIpc) is 2.93. The molecule has 2 aromatic rings. The average molecular weight is 342 g/mol. The number of hydrogen-bond donors (Lipinski definition) is 0. The van der Waals surface area contributed by atoms with Gasteiger partial charge in [0, 0.05) is 19.0 Å². The predicted octanol–water partition coefficient (Wildman–Crippen LogP) is 4.92. The van der Waals surface area contributed by atoms with E-state index in [1.807, 2.05) is 42.2 Å². The summed E-state index contributed by atoms with van der Waals surface area (Å²) in [5, 5.41) is 0. The van der Waals surface area contributed by atoms with Crippen molar-refractivity contribution in [1.29, 1.82) is 0 Å². The van der Waals surface area contributed by atoms with Gasteiger partial charge >= 0.3 is 0 Å². The standard InChI is InChI=1S/C16H17Cl2NOS/c1-12(9-17)10-19(11-13-5-3-2-4-6-13)16(20)14-7-8-15(18)21-14/h2-8,12H,9-11H2,1H3. The summed E-state index contributed by atoms with van der Waals surface area (Å²) in [7, 11) is 0. The van der Waals surface area contributed by atoms with Crippen LogP contribution in [0.15, 0.2) is 42.5 Å². The second kappa shape index (κ2) is 7.83. The SMILES string of the molecule is CC(CCl)CN(Cc1ccccc1)C(=O)c1ccc(Cl)s1. The Balaban J connectivity index is 2.17. The maximum Gasteiger partial charge on any atom is 0.264 e. The van der Waals surface area contributed by atoms with Gasteiger partial charge in [-0.15, -0.1) is 22.9 Å². The van der Waals surface area contributed by atoms with Gasteiger partial charge in [0.1, 0.15) is 0 Å². The molecule has 2 nitrogen and oxygen atoms in total. The lowest BCUT2D eigenvalue weighted by molar-refractivity contribution is 0.0728. The summed E-state index contributed by atoms with van der Waals surface area (Å²) in [6, 6.07) is 13.5. The molecule has 21 heavy (non-hydrogen) atoms. The van der Waals surface area contributed by atoms with Crippen molar-refractivity contribution < 1.29 is 4.79 Å². The van der Waals surface area contributed by atoms with Crippen LogP contribution in [0.3, 0.4) is 0 Å². The van der Waals surface area contributed by atoms with Crippen LogP contribution in [0, 0.1) is 5.92 Å². The summed E-state index contributed by atoms with van der Waals surface area (Å²) in [6.45, 7) is 3.25. The molecule has 0 spiro atoms. The third-order valence-electron chi connectivity index (χ3n) is 3.08. The number of carbonyl (C=O) groups excluding carboxylic acids is 1. The molecule has 112 valence electrons. The number of carbonyl (C=O) groups is 1. The van der Waals surface area contributed by atoms with Crippen LogP contribution in [-0.2, 0) is 6.54 Å². The van der Waals surface area contributed by atoms with Crippen molar-refractivity contribution in [3.8, 4) is 0 Å². The number of halogens is 2. The Kier molecular flexibility index (Phi) is 6.09. The van der Waals surface area contributed by atoms with Gasteiger partial charge in [-0.3, -0.25) is 4.79 Å². The van der Waals surface area contributed by atoms with E-state index in [4.69, 9.17) is 23.2 Å². The molecular formula is C16H17Cl2NOS. The van der Waals surface area contributed by atoms with Gasteiger partial charge in [-0.25, -0.2) is 0 Å². The Morgan fingerprint density at radius 3 is 2.52 bits per heavy atom. The third-order valence-corrected chi connectivity index (χ3v) is 4.83. The Morgan fingerprint density at radius 2 is 1.95 bits per heavy atom. The summed E-state index contributed by atoms with van der Waals surface area (Å²) < 4.78 is 0.628. The molecule has 2 rings (SSSR count). The van der Waals surface area contributed by atoms with Crippen molar-refractivity contribution in [1.82, 2.24) is 4.90 Å². The van der Waals surface area contributed by atoms with Gasteiger partial charge in [0.25, 0.3) is 5.91 Å². The molecule has 0 aliphatic rings. The van der Waals surface area contributed by atoms with Gasteiger partial charge in [-0.1, -0.05) is 48.9 Å². The molecule has 0 radical (unpaired) electrons. The summed E-state index contributed by atoms with van der Waals surface area (Å²) in [5.41, 5.74) is 1.11. The van der Waals surface area contributed by atoms with Crippen LogP contribution in [-0.4, -0.2) is 23.2 Å². The van der Waals surface area contributed by atoms with Crippen LogP contribution in [0.4, 0.5) is 0 Å². The van der Waals surface area contributed by atoms with E-state index >= 15 is 0 Å². The second-order valence-corrected chi connectivity index (χ2v) is 7.06. The Hall–Kier alpha value is -1.03. The minimum absolute atomic E-state index is 0.00715. The highest BCUT2D eigenvalue weighted by atomic mass is 35.5. The number of benzene rings is 1. The first-order valence-corrected chi connectivity index (χ1v) is 8.47. The number of alkyl halides is 1. The van der Waals surface area contributed by atoms with Crippen molar-refractivity contribution in [2.75, 3.05) is 12.4 Å². The number of nitrogens with zero attached hydrogens (tertiary/aromatic N) is 1. The first kappa shape index (κ1) is 16.3. The van der Waals surface area contributed by atoms with Crippen molar-refractivity contribution in [3.05, 3.63) is 57.2 Å². The van der Waals surface area contributed by atoms with E-state index < -0.39 is 0 Å². The van der Waals surface area contributed by atoms with E-state index in [2.05, 4.69) is 0 Å². The first-order valence-electron chi connectivity index (χ1n) is 6.74. The van der Waals surface area contributed by atoms with Crippen LogP contribution >= 0.6 is 34.5 Å². The number of thiophene rings is 1. The molecule has 1 aromatic carbocycles. The smallest absolute Gasteiger partial charge is 0.264 e. The minimum atomic E-state index is 0.00715. The summed E-state index contributed by atoms with van der Waals surface area (Å²) in [4.78, 5) is 15.2. The van der Waals surface area contributed by atoms with Gasteiger partial charge in [0.05, 0.1) is 9.21 Å². The van der Waals surface area contributed by atoms with Gasteiger partial charge in [-0.2, -0.15) is 0 Å². The maximum atomic E-state index is 12.6. The molecule has 0 saturated heterocycles. The Bertz CT molecular complexity index is 585. The molecule has 1 aromatic heterocycles. The summed E-state index contributed by atoms with van der Waals surface area (Å²) >= 11 is 13.1. The zero-order chi connectivity index (χ0) is 15.2. The van der Waals surface area contributed by atoms with Crippen LogP contribution in [0.5, 0.6) is 0 Å². The highest BCUT2D eigenvalue weighted by molar-refractivity contribution is 7.17. The zero-order valence-electron chi connectivity index (χ0n) is 11.8. The Morgan fingerprint density at radius 1 is 1.24 bits per heavy atom. The summed E-state index contributed by atoms with van der Waals surface area (Å²) in [6.07, 6.45) is 0. The quantitative estimate of drug-likeness (QED) is 0.683.